The van der Waals surface area contributed by atoms with Crippen molar-refractivity contribution >= 4 is 33.3 Å². The van der Waals surface area contributed by atoms with E-state index >= 15 is 0 Å². The van der Waals surface area contributed by atoms with Gasteiger partial charge in [0.05, 0.1) is 5.41 Å². The molecule has 1 N–H and O–H groups in total. The van der Waals surface area contributed by atoms with E-state index in [0.717, 1.165) is 33.3 Å². The molecule has 6 aromatic carbocycles. The van der Waals surface area contributed by atoms with Gasteiger partial charge >= 0.3 is 0 Å². The number of para-hydroxylation sites is 2. The summed E-state index contributed by atoms with van der Waals surface area (Å²) in [5.74, 6) is 0. The Kier molecular flexibility index (Phi) is 4.77. The molecular weight excluding hydrogens is 474 g/mol. The summed E-state index contributed by atoms with van der Waals surface area (Å²) in [5.41, 5.74) is 11.0. The van der Waals surface area contributed by atoms with Crippen molar-refractivity contribution in [3.63, 3.8) is 0 Å². The van der Waals surface area contributed by atoms with Crippen molar-refractivity contribution in [2.75, 3.05) is 5.32 Å². The molecule has 1 atom stereocenters. The van der Waals surface area contributed by atoms with E-state index in [-0.39, 0.29) is 0 Å². The highest BCUT2D eigenvalue weighted by molar-refractivity contribution is 6.12. The summed E-state index contributed by atoms with van der Waals surface area (Å²) < 4.78 is 6.59. The van der Waals surface area contributed by atoms with Crippen molar-refractivity contribution < 1.29 is 4.42 Å². The molecule has 0 spiro atoms. The SMILES string of the molecule is c1ccc(Nc2ccc(C3(c4ccccc4)c4ccccc4-c4c3ccc3c4oc4ccccc43)cc2)cc1. The van der Waals surface area contributed by atoms with Gasteiger partial charge in [-0.15, -0.1) is 0 Å². The second-order valence-electron chi connectivity index (χ2n) is 10.2. The first-order valence-electron chi connectivity index (χ1n) is 13.4. The number of rotatable bonds is 4. The van der Waals surface area contributed by atoms with Crippen LogP contribution in [0.3, 0.4) is 0 Å². The standard InChI is InChI=1S/C37H25NO/c1-3-11-25(12-4-1)37(26-19-21-28(22-20-26)38-27-13-5-2-6-14-27)32-17-9-7-16-31(32)35-33(37)24-23-30-29-15-8-10-18-34(29)39-36(30)35/h1-24,38H. The molecule has 1 heterocycles. The first kappa shape index (κ1) is 22.0. The molecule has 184 valence electrons. The lowest BCUT2D eigenvalue weighted by molar-refractivity contribution is 0.669. The Morgan fingerprint density at radius 2 is 1.10 bits per heavy atom. The molecule has 2 nitrogen and oxygen atoms in total. The fourth-order valence-corrected chi connectivity index (χ4v) is 6.51. The molecule has 2 heteroatoms. The maximum Gasteiger partial charge on any atom is 0.143 e. The first-order valence-corrected chi connectivity index (χ1v) is 13.4. The van der Waals surface area contributed by atoms with E-state index in [4.69, 9.17) is 4.42 Å². The van der Waals surface area contributed by atoms with Crippen LogP contribution in [0.1, 0.15) is 22.3 Å². The molecule has 0 saturated carbocycles. The Labute approximate surface area is 227 Å². The fourth-order valence-electron chi connectivity index (χ4n) is 6.51. The minimum absolute atomic E-state index is 0.467. The molecule has 0 saturated heterocycles. The summed E-state index contributed by atoms with van der Waals surface area (Å²) in [5, 5.41) is 5.85. The lowest BCUT2D eigenvalue weighted by Gasteiger charge is -2.34. The first-order chi connectivity index (χ1) is 19.3. The van der Waals surface area contributed by atoms with Crippen LogP contribution in [0.4, 0.5) is 11.4 Å². The highest BCUT2D eigenvalue weighted by Gasteiger charge is 2.47. The molecule has 39 heavy (non-hydrogen) atoms. The summed E-state index contributed by atoms with van der Waals surface area (Å²) in [4.78, 5) is 0. The number of furan rings is 1. The molecule has 0 amide bonds. The lowest BCUT2D eigenvalue weighted by Crippen LogP contribution is -2.28. The van der Waals surface area contributed by atoms with E-state index in [9.17, 15) is 0 Å². The zero-order valence-corrected chi connectivity index (χ0v) is 21.3. The van der Waals surface area contributed by atoms with E-state index < -0.39 is 5.41 Å². The number of hydrogen-bond donors (Lipinski definition) is 1. The Balaban J connectivity index is 1.41. The minimum Gasteiger partial charge on any atom is -0.455 e. The van der Waals surface area contributed by atoms with E-state index in [1.165, 1.54) is 33.4 Å². The molecule has 0 aliphatic heterocycles. The van der Waals surface area contributed by atoms with Gasteiger partial charge in [-0.05, 0) is 58.1 Å². The van der Waals surface area contributed by atoms with Crippen LogP contribution >= 0.6 is 0 Å². The summed E-state index contributed by atoms with van der Waals surface area (Å²) in [6.45, 7) is 0. The van der Waals surface area contributed by atoms with Crippen LogP contribution in [-0.2, 0) is 5.41 Å². The van der Waals surface area contributed by atoms with Crippen LogP contribution in [0.25, 0.3) is 33.1 Å². The number of fused-ring (bicyclic) bond motifs is 7. The normalized spacial score (nSPS) is 15.8. The van der Waals surface area contributed by atoms with Crippen molar-refractivity contribution in [2.45, 2.75) is 5.41 Å². The Bertz CT molecular complexity index is 1970. The van der Waals surface area contributed by atoms with E-state index in [1.54, 1.807) is 0 Å². The molecule has 0 bridgehead atoms. The van der Waals surface area contributed by atoms with Gasteiger partial charge < -0.3 is 9.73 Å². The third-order valence-corrected chi connectivity index (χ3v) is 8.14. The van der Waals surface area contributed by atoms with Crippen LogP contribution < -0.4 is 5.32 Å². The molecule has 0 fully saturated rings. The minimum atomic E-state index is -0.467. The van der Waals surface area contributed by atoms with Crippen LogP contribution in [-0.4, -0.2) is 0 Å². The maximum atomic E-state index is 6.59. The van der Waals surface area contributed by atoms with Gasteiger partial charge in [-0.1, -0.05) is 115 Å². The number of hydrogen-bond acceptors (Lipinski definition) is 2. The van der Waals surface area contributed by atoms with Crippen molar-refractivity contribution in [1.29, 1.82) is 0 Å². The van der Waals surface area contributed by atoms with Crippen molar-refractivity contribution in [1.82, 2.24) is 0 Å². The van der Waals surface area contributed by atoms with Gasteiger partial charge in [0.15, 0.2) is 0 Å². The predicted molar refractivity (Wildman–Crippen MR) is 161 cm³/mol. The van der Waals surface area contributed by atoms with Crippen LogP contribution in [0.5, 0.6) is 0 Å². The molecule has 1 aliphatic rings. The fraction of sp³-hybridized carbons (Fsp3) is 0.0270. The average molecular weight is 500 g/mol. The van der Waals surface area contributed by atoms with Crippen molar-refractivity contribution in [3.8, 4) is 11.1 Å². The smallest absolute Gasteiger partial charge is 0.143 e. The highest BCUT2D eigenvalue weighted by atomic mass is 16.3. The topological polar surface area (TPSA) is 25.2 Å². The third-order valence-electron chi connectivity index (χ3n) is 8.14. The lowest BCUT2D eigenvalue weighted by atomic mass is 9.67. The number of benzene rings is 6. The maximum absolute atomic E-state index is 6.59. The monoisotopic (exact) mass is 499 g/mol. The number of nitrogens with one attached hydrogen (secondary N) is 1. The Hall–Kier alpha value is -5.08. The van der Waals surface area contributed by atoms with Crippen LogP contribution in [0, 0.1) is 0 Å². The number of anilines is 2. The average Bonchev–Trinajstić information content (AvgIpc) is 3.53. The quantitative estimate of drug-likeness (QED) is 0.261. The van der Waals surface area contributed by atoms with Crippen molar-refractivity contribution in [2.24, 2.45) is 0 Å². The zero-order valence-electron chi connectivity index (χ0n) is 21.3. The van der Waals surface area contributed by atoms with Gasteiger partial charge in [-0.2, -0.15) is 0 Å². The molecule has 1 aromatic heterocycles. The Morgan fingerprint density at radius 3 is 1.92 bits per heavy atom. The second kappa shape index (κ2) is 8.47. The van der Waals surface area contributed by atoms with Gasteiger partial charge in [0, 0.05) is 27.7 Å². The molecule has 7 aromatic rings. The Morgan fingerprint density at radius 1 is 0.462 bits per heavy atom. The zero-order chi connectivity index (χ0) is 25.8. The molecular formula is C37H25NO. The summed E-state index contributed by atoms with van der Waals surface area (Å²) in [6.07, 6.45) is 0. The molecule has 8 rings (SSSR count). The van der Waals surface area contributed by atoms with Crippen LogP contribution in [0.15, 0.2) is 150 Å². The molecule has 1 aliphatic carbocycles. The highest BCUT2D eigenvalue weighted by Crippen LogP contribution is 2.58. The van der Waals surface area contributed by atoms with E-state index in [1.807, 2.05) is 24.3 Å². The van der Waals surface area contributed by atoms with Gasteiger partial charge in [-0.25, -0.2) is 0 Å². The van der Waals surface area contributed by atoms with Gasteiger partial charge in [0.1, 0.15) is 11.2 Å². The van der Waals surface area contributed by atoms with Gasteiger partial charge in [0.2, 0.25) is 0 Å². The third kappa shape index (κ3) is 3.15. The predicted octanol–water partition coefficient (Wildman–Crippen LogP) is 9.69. The summed E-state index contributed by atoms with van der Waals surface area (Å²) in [7, 11) is 0. The van der Waals surface area contributed by atoms with Crippen molar-refractivity contribution in [3.05, 3.63) is 168 Å². The van der Waals surface area contributed by atoms with Gasteiger partial charge in [-0.3, -0.25) is 0 Å². The van der Waals surface area contributed by atoms with Crippen LogP contribution in [0.2, 0.25) is 0 Å². The second-order valence-corrected chi connectivity index (χ2v) is 10.2. The van der Waals surface area contributed by atoms with E-state index in [0.29, 0.717) is 0 Å². The molecule has 1 unspecified atom stereocenters. The summed E-state index contributed by atoms with van der Waals surface area (Å²) >= 11 is 0. The largest absolute Gasteiger partial charge is 0.455 e. The molecule has 0 radical (unpaired) electrons. The summed E-state index contributed by atoms with van der Waals surface area (Å²) in [6, 6.07) is 51.8. The van der Waals surface area contributed by atoms with Gasteiger partial charge in [0.25, 0.3) is 0 Å². The van der Waals surface area contributed by atoms with E-state index in [2.05, 4.69) is 127 Å².